The zero-order valence-corrected chi connectivity index (χ0v) is 12.0. The van der Waals surface area contributed by atoms with Crippen LogP contribution in [0.15, 0.2) is 24.3 Å². The zero-order valence-electron chi connectivity index (χ0n) is 12.0. The van der Waals surface area contributed by atoms with Gasteiger partial charge in [-0.2, -0.15) is 0 Å². The summed E-state index contributed by atoms with van der Waals surface area (Å²) in [6.45, 7) is 1.93. The molecule has 1 aliphatic heterocycles. The van der Waals surface area contributed by atoms with Gasteiger partial charge in [0.1, 0.15) is 6.61 Å². The van der Waals surface area contributed by atoms with E-state index in [1.807, 2.05) is 12.1 Å². The van der Waals surface area contributed by atoms with Crippen LogP contribution in [0.5, 0.6) is 0 Å². The Labute approximate surface area is 125 Å². The Kier molecular flexibility index (Phi) is 4.23. The molecular weight excluding hydrogens is 264 g/mol. The molecular formula is C17H20N2O2. The molecule has 2 N–H and O–H groups in total. The molecule has 0 spiro atoms. The van der Waals surface area contributed by atoms with Crippen molar-refractivity contribution in [1.82, 2.24) is 10.2 Å². The third-order valence-electron chi connectivity index (χ3n) is 4.08. The monoisotopic (exact) mass is 284 g/mol. The smallest absolute Gasteiger partial charge is 0.251 e. The Morgan fingerprint density at radius 3 is 2.71 bits per heavy atom. The van der Waals surface area contributed by atoms with Gasteiger partial charge in [0.15, 0.2) is 0 Å². The summed E-state index contributed by atoms with van der Waals surface area (Å²) < 4.78 is 0. The number of aliphatic hydroxyl groups excluding tert-OH is 1. The average Bonchev–Trinajstić information content (AvgIpc) is 3.26. The molecule has 4 nitrogen and oxygen atoms in total. The van der Waals surface area contributed by atoms with E-state index in [1.165, 1.54) is 12.8 Å². The molecule has 1 unspecified atom stereocenters. The molecule has 1 saturated heterocycles. The van der Waals surface area contributed by atoms with Gasteiger partial charge in [-0.25, -0.2) is 0 Å². The normalized spacial score (nSPS) is 21.7. The lowest BCUT2D eigenvalue weighted by Crippen LogP contribution is -2.37. The number of benzene rings is 1. The van der Waals surface area contributed by atoms with Crippen LogP contribution in [0.25, 0.3) is 0 Å². The summed E-state index contributed by atoms with van der Waals surface area (Å²) in [7, 11) is 0. The van der Waals surface area contributed by atoms with Crippen LogP contribution in [-0.4, -0.2) is 47.7 Å². The molecule has 0 aromatic heterocycles. The van der Waals surface area contributed by atoms with Crippen LogP contribution >= 0.6 is 0 Å². The van der Waals surface area contributed by atoms with E-state index in [1.54, 1.807) is 12.1 Å². The minimum absolute atomic E-state index is 0.0145. The van der Waals surface area contributed by atoms with Crippen molar-refractivity contribution in [3.05, 3.63) is 35.4 Å². The summed E-state index contributed by atoms with van der Waals surface area (Å²) in [5.41, 5.74) is 1.47. The Hall–Kier alpha value is -1.83. The van der Waals surface area contributed by atoms with Crippen LogP contribution in [0.1, 0.15) is 35.2 Å². The summed E-state index contributed by atoms with van der Waals surface area (Å²) in [6, 6.07) is 8.23. The Morgan fingerprint density at radius 2 is 2.05 bits per heavy atom. The minimum Gasteiger partial charge on any atom is -0.384 e. The van der Waals surface area contributed by atoms with Crippen molar-refractivity contribution in [2.24, 2.45) is 0 Å². The maximum absolute atomic E-state index is 12.2. The molecule has 1 aromatic carbocycles. The SMILES string of the molecule is O=C(NC1CCN(C2CC2)C1)c1ccc(C#CCO)cc1. The summed E-state index contributed by atoms with van der Waals surface area (Å²) in [4.78, 5) is 14.7. The number of amides is 1. The first-order chi connectivity index (χ1) is 10.3. The van der Waals surface area contributed by atoms with Crippen molar-refractivity contribution < 1.29 is 9.90 Å². The Balaban J connectivity index is 1.55. The van der Waals surface area contributed by atoms with E-state index in [-0.39, 0.29) is 18.6 Å². The Morgan fingerprint density at radius 1 is 1.29 bits per heavy atom. The molecule has 1 atom stereocenters. The summed E-state index contributed by atoms with van der Waals surface area (Å²) in [6.07, 6.45) is 3.68. The fraction of sp³-hybridized carbons (Fsp3) is 0.471. The van der Waals surface area contributed by atoms with Crippen LogP contribution < -0.4 is 5.32 Å². The van der Waals surface area contributed by atoms with Gasteiger partial charge >= 0.3 is 0 Å². The second-order valence-corrected chi connectivity index (χ2v) is 5.72. The number of aliphatic hydroxyl groups is 1. The van der Waals surface area contributed by atoms with Crippen molar-refractivity contribution in [2.45, 2.75) is 31.3 Å². The summed E-state index contributed by atoms with van der Waals surface area (Å²) in [5.74, 6) is 5.40. The second-order valence-electron chi connectivity index (χ2n) is 5.72. The van der Waals surface area contributed by atoms with Crippen molar-refractivity contribution >= 4 is 5.91 Å². The lowest BCUT2D eigenvalue weighted by Gasteiger charge is -2.15. The molecule has 1 saturated carbocycles. The van der Waals surface area contributed by atoms with Crippen LogP contribution in [0.3, 0.4) is 0 Å². The molecule has 2 fully saturated rings. The first-order valence-electron chi connectivity index (χ1n) is 7.51. The molecule has 0 radical (unpaired) electrons. The highest BCUT2D eigenvalue weighted by Crippen LogP contribution is 2.29. The van der Waals surface area contributed by atoms with Crippen molar-refractivity contribution in [3.8, 4) is 11.8 Å². The van der Waals surface area contributed by atoms with Crippen LogP contribution in [0.2, 0.25) is 0 Å². The zero-order chi connectivity index (χ0) is 14.7. The number of hydrogen-bond acceptors (Lipinski definition) is 3. The topological polar surface area (TPSA) is 52.6 Å². The highest BCUT2D eigenvalue weighted by Gasteiger charge is 2.34. The number of rotatable bonds is 3. The number of likely N-dealkylation sites (tertiary alicyclic amines) is 1. The molecule has 1 amide bonds. The van der Waals surface area contributed by atoms with Gasteiger partial charge in [0.25, 0.3) is 5.91 Å². The number of carbonyl (C=O) groups excluding carboxylic acids is 1. The fourth-order valence-electron chi connectivity index (χ4n) is 2.79. The molecule has 110 valence electrons. The van der Waals surface area contributed by atoms with Gasteiger partial charge < -0.3 is 10.4 Å². The van der Waals surface area contributed by atoms with Crippen LogP contribution in [-0.2, 0) is 0 Å². The van der Waals surface area contributed by atoms with Gasteiger partial charge in [0.2, 0.25) is 0 Å². The number of hydrogen-bond donors (Lipinski definition) is 2. The van der Waals surface area contributed by atoms with E-state index in [9.17, 15) is 4.79 Å². The first kappa shape index (κ1) is 14.1. The van der Waals surface area contributed by atoms with Gasteiger partial charge in [-0.3, -0.25) is 9.69 Å². The lowest BCUT2D eigenvalue weighted by molar-refractivity contribution is 0.0937. The quantitative estimate of drug-likeness (QED) is 0.814. The standard InChI is InChI=1S/C17H20N2O2/c20-11-1-2-13-3-5-14(6-4-13)17(21)18-15-9-10-19(12-15)16-7-8-16/h3-6,15-16,20H,7-12H2,(H,18,21). The van der Waals surface area contributed by atoms with Crippen LogP contribution in [0.4, 0.5) is 0 Å². The third kappa shape index (κ3) is 3.63. The predicted molar refractivity (Wildman–Crippen MR) is 80.9 cm³/mol. The van der Waals surface area contributed by atoms with Crippen molar-refractivity contribution in [1.29, 1.82) is 0 Å². The average molecular weight is 284 g/mol. The third-order valence-corrected chi connectivity index (χ3v) is 4.08. The highest BCUT2D eigenvalue weighted by molar-refractivity contribution is 5.94. The Bertz CT molecular complexity index is 567. The van der Waals surface area contributed by atoms with Gasteiger partial charge in [-0.05, 0) is 43.5 Å². The largest absolute Gasteiger partial charge is 0.384 e. The van der Waals surface area contributed by atoms with E-state index in [0.29, 0.717) is 5.56 Å². The predicted octanol–water partition coefficient (Wildman–Crippen LogP) is 0.997. The lowest BCUT2D eigenvalue weighted by atomic mass is 10.1. The molecule has 1 aliphatic carbocycles. The van der Waals surface area contributed by atoms with E-state index < -0.39 is 0 Å². The number of carbonyl (C=O) groups is 1. The maximum atomic E-state index is 12.2. The molecule has 2 aliphatic rings. The molecule has 4 heteroatoms. The van der Waals surface area contributed by atoms with Gasteiger partial charge in [-0.15, -0.1) is 0 Å². The van der Waals surface area contributed by atoms with Crippen molar-refractivity contribution in [3.63, 3.8) is 0 Å². The van der Waals surface area contributed by atoms with E-state index >= 15 is 0 Å². The highest BCUT2D eigenvalue weighted by atomic mass is 16.2. The molecule has 21 heavy (non-hydrogen) atoms. The molecule has 0 bridgehead atoms. The number of nitrogens with zero attached hydrogens (tertiary/aromatic N) is 1. The van der Waals surface area contributed by atoms with E-state index in [4.69, 9.17) is 5.11 Å². The van der Waals surface area contributed by atoms with Gasteiger partial charge in [0.05, 0.1) is 0 Å². The van der Waals surface area contributed by atoms with E-state index in [0.717, 1.165) is 31.1 Å². The van der Waals surface area contributed by atoms with Crippen LogP contribution in [0, 0.1) is 11.8 Å². The summed E-state index contributed by atoms with van der Waals surface area (Å²) >= 11 is 0. The van der Waals surface area contributed by atoms with E-state index in [2.05, 4.69) is 22.1 Å². The van der Waals surface area contributed by atoms with Crippen molar-refractivity contribution in [2.75, 3.05) is 19.7 Å². The second kappa shape index (κ2) is 6.30. The van der Waals surface area contributed by atoms with Gasteiger partial charge in [-0.1, -0.05) is 11.8 Å². The molecule has 3 rings (SSSR count). The first-order valence-corrected chi connectivity index (χ1v) is 7.51. The minimum atomic E-state index is -0.151. The molecule has 1 heterocycles. The fourth-order valence-corrected chi connectivity index (χ4v) is 2.79. The maximum Gasteiger partial charge on any atom is 0.251 e. The molecule has 1 aromatic rings. The number of nitrogens with one attached hydrogen (secondary N) is 1. The van der Waals surface area contributed by atoms with Gasteiger partial charge in [0, 0.05) is 36.3 Å². The summed E-state index contributed by atoms with van der Waals surface area (Å²) in [5, 5.41) is 11.8.